The Balaban J connectivity index is 1.94. The zero-order chi connectivity index (χ0) is 19.9. The SMILES string of the molecule is CCOc1ccc(CN(C(=O)c2ccncc2)c2ccc(OC)c(Cl)c2)cc1. The zero-order valence-electron chi connectivity index (χ0n) is 15.8. The van der Waals surface area contributed by atoms with Gasteiger partial charge in [-0.2, -0.15) is 0 Å². The molecule has 0 radical (unpaired) electrons. The van der Waals surface area contributed by atoms with Gasteiger partial charge in [-0.05, 0) is 55.0 Å². The first-order chi connectivity index (χ1) is 13.6. The predicted octanol–water partition coefficient (Wildman–Crippen LogP) is 4.99. The number of amides is 1. The summed E-state index contributed by atoms with van der Waals surface area (Å²) in [6.45, 7) is 2.93. The van der Waals surface area contributed by atoms with Gasteiger partial charge < -0.3 is 14.4 Å². The number of benzene rings is 2. The summed E-state index contributed by atoms with van der Waals surface area (Å²) in [5, 5.41) is 0.444. The molecule has 3 rings (SSSR count). The number of nitrogens with zero attached hydrogens (tertiary/aromatic N) is 2. The lowest BCUT2D eigenvalue weighted by atomic mass is 10.1. The molecule has 2 aromatic carbocycles. The van der Waals surface area contributed by atoms with Crippen molar-refractivity contribution in [1.29, 1.82) is 0 Å². The summed E-state index contributed by atoms with van der Waals surface area (Å²) in [4.78, 5) is 18.8. The third-order valence-corrected chi connectivity index (χ3v) is 4.49. The number of carbonyl (C=O) groups is 1. The summed E-state index contributed by atoms with van der Waals surface area (Å²) in [6, 6.07) is 16.4. The van der Waals surface area contributed by atoms with E-state index >= 15 is 0 Å². The number of halogens is 1. The third kappa shape index (κ3) is 4.61. The highest BCUT2D eigenvalue weighted by molar-refractivity contribution is 6.32. The van der Waals surface area contributed by atoms with Crippen LogP contribution in [0, 0.1) is 0 Å². The number of aromatic nitrogens is 1. The Kier molecular flexibility index (Phi) is 6.50. The van der Waals surface area contributed by atoms with Crippen LogP contribution in [0.25, 0.3) is 0 Å². The van der Waals surface area contributed by atoms with Gasteiger partial charge in [-0.3, -0.25) is 9.78 Å². The van der Waals surface area contributed by atoms with Crippen molar-refractivity contribution in [3.05, 3.63) is 83.1 Å². The molecule has 0 aliphatic rings. The van der Waals surface area contributed by atoms with Gasteiger partial charge in [-0.1, -0.05) is 23.7 Å². The molecule has 1 aromatic heterocycles. The summed E-state index contributed by atoms with van der Waals surface area (Å²) in [7, 11) is 1.56. The Morgan fingerprint density at radius 1 is 1.07 bits per heavy atom. The van der Waals surface area contributed by atoms with Crippen LogP contribution in [-0.2, 0) is 6.54 Å². The van der Waals surface area contributed by atoms with Gasteiger partial charge in [0.2, 0.25) is 0 Å². The summed E-state index contributed by atoms with van der Waals surface area (Å²) in [6.07, 6.45) is 3.20. The van der Waals surface area contributed by atoms with E-state index in [2.05, 4.69) is 4.98 Å². The smallest absolute Gasteiger partial charge is 0.258 e. The molecule has 0 N–H and O–H groups in total. The van der Waals surface area contributed by atoms with Gasteiger partial charge in [0.25, 0.3) is 5.91 Å². The maximum atomic E-state index is 13.2. The largest absolute Gasteiger partial charge is 0.495 e. The second kappa shape index (κ2) is 9.24. The van der Waals surface area contributed by atoms with Crippen molar-refractivity contribution in [3.8, 4) is 11.5 Å². The number of hydrogen-bond donors (Lipinski definition) is 0. The van der Waals surface area contributed by atoms with Crippen molar-refractivity contribution in [2.45, 2.75) is 13.5 Å². The Bertz CT molecular complexity index is 930. The second-order valence-electron chi connectivity index (χ2n) is 6.02. The summed E-state index contributed by atoms with van der Waals surface area (Å²) in [5.74, 6) is 1.21. The average Bonchev–Trinajstić information content (AvgIpc) is 2.73. The fourth-order valence-corrected chi connectivity index (χ4v) is 3.05. The highest BCUT2D eigenvalue weighted by Gasteiger charge is 2.19. The lowest BCUT2D eigenvalue weighted by Crippen LogP contribution is -2.30. The molecular formula is C22H21ClN2O3. The third-order valence-electron chi connectivity index (χ3n) is 4.19. The number of methoxy groups -OCH3 is 1. The zero-order valence-corrected chi connectivity index (χ0v) is 16.5. The molecule has 6 heteroatoms. The van der Waals surface area contributed by atoms with Crippen LogP contribution in [0.1, 0.15) is 22.8 Å². The molecule has 0 saturated carbocycles. The van der Waals surface area contributed by atoms with Gasteiger partial charge in [0.1, 0.15) is 11.5 Å². The molecule has 0 saturated heterocycles. The number of ether oxygens (including phenoxy) is 2. The van der Waals surface area contributed by atoms with Gasteiger partial charge in [0.15, 0.2) is 0 Å². The van der Waals surface area contributed by atoms with Gasteiger partial charge in [0, 0.05) is 23.6 Å². The Labute approximate surface area is 169 Å². The van der Waals surface area contributed by atoms with Crippen molar-refractivity contribution in [1.82, 2.24) is 4.98 Å². The average molecular weight is 397 g/mol. The van der Waals surface area contributed by atoms with Crippen LogP contribution >= 0.6 is 11.6 Å². The molecule has 1 heterocycles. The van der Waals surface area contributed by atoms with Crippen LogP contribution in [-0.4, -0.2) is 24.6 Å². The maximum Gasteiger partial charge on any atom is 0.258 e. The molecule has 0 aliphatic carbocycles. The Morgan fingerprint density at radius 3 is 2.39 bits per heavy atom. The van der Waals surface area contributed by atoms with Gasteiger partial charge in [0.05, 0.1) is 25.3 Å². The first-order valence-electron chi connectivity index (χ1n) is 8.89. The van der Waals surface area contributed by atoms with Crippen LogP contribution < -0.4 is 14.4 Å². The van der Waals surface area contributed by atoms with E-state index in [-0.39, 0.29) is 5.91 Å². The van der Waals surface area contributed by atoms with Gasteiger partial charge >= 0.3 is 0 Å². The minimum absolute atomic E-state index is 0.141. The number of carbonyl (C=O) groups excluding carboxylic acids is 1. The lowest BCUT2D eigenvalue weighted by molar-refractivity contribution is 0.0985. The molecule has 0 atom stereocenters. The van der Waals surface area contributed by atoms with E-state index < -0.39 is 0 Å². The molecule has 0 aliphatic heterocycles. The summed E-state index contributed by atoms with van der Waals surface area (Å²) >= 11 is 6.29. The molecule has 144 valence electrons. The molecule has 28 heavy (non-hydrogen) atoms. The Hall–Kier alpha value is -3.05. The van der Waals surface area contributed by atoms with Gasteiger partial charge in [-0.25, -0.2) is 0 Å². The molecule has 0 unspecified atom stereocenters. The van der Waals surface area contributed by atoms with Crippen molar-refractivity contribution in [2.24, 2.45) is 0 Å². The summed E-state index contributed by atoms with van der Waals surface area (Å²) < 4.78 is 10.7. The monoisotopic (exact) mass is 396 g/mol. The molecule has 0 fully saturated rings. The first kappa shape index (κ1) is 19.7. The minimum Gasteiger partial charge on any atom is -0.495 e. The van der Waals surface area contributed by atoms with Crippen molar-refractivity contribution < 1.29 is 14.3 Å². The maximum absolute atomic E-state index is 13.2. The highest BCUT2D eigenvalue weighted by Crippen LogP contribution is 2.31. The molecule has 0 bridgehead atoms. The van der Waals surface area contributed by atoms with Gasteiger partial charge in [-0.15, -0.1) is 0 Å². The van der Waals surface area contributed by atoms with E-state index in [0.717, 1.165) is 11.3 Å². The van der Waals surface area contributed by atoms with Crippen molar-refractivity contribution in [3.63, 3.8) is 0 Å². The molecule has 5 nitrogen and oxygen atoms in total. The van der Waals surface area contributed by atoms with E-state index in [0.29, 0.717) is 35.2 Å². The van der Waals surface area contributed by atoms with Crippen LogP contribution in [0.15, 0.2) is 67.0 Å². The topological polar surface area (TPSA) is 51.7 Å². The predicted molar refractivity (Wildman–Crippen MR) is 110 cm³/mol. The fourth-order valence-electron chi connectivity index (χ4n) is 2.79. The fraction of sp³-hybridized carbons (Fsp3) is 0.182. The van der Waals surface area contributed by atoms with Crippen LogP contribution in [0.5, 0.6) is 11.5 Å². The van der Waals surface area contributed by atoms with E-state index in [1.807, 2.05) is 37.3 Å². The van der Waals surface area contributed by atoms with Crippen molar-refractivity contribution in [2.75, 3.05) is 18.6 Å². The van der Waals surface area contributed by atoms with E-state index in [1.54, 1.807) is 48.7 Å². The number of rotatable bonds is 7. The quantitative estimate of drug-likeness (QED) is 0.564. The van der Waals surface area contributed by atoms with E-state index in [4.69, 9.17) is 21.1 Å². The molecular weight excluding hydrogens is 376 g/mol. The molecule has 1 amide bonds. The number of anilines is 1. The minimum atomic E-state index is -0.141. The number of hydrogen-bond acceptors (Lipinski definition) is 4. The van der Waals surface area contributed by atoms with Crippen LogP contribution in [0.2, 0.25) is 5.02 Å². The normalized spacial score (nSPS) is 10.4. The van der Waals surface area contributed by atoms with E-state index in [9.17, 15) is 4.79 Å². The highest BCUT2D eigenvalue weighted by atomic mass is 35.5. The summed E-state index contributed by atoms with van der Waals surface area (Å²) in [5.41, 5.74) is 2.20. The number of pyridine rings is 1. The van der Waals surface area contributed by atoms with E-state index in [1.165, 1.54) is 0 Å². The lowest BCUT2D eigenvalue weighted by Gasteiger charge is -2.24. The standard InChI is InChI=1S/C22H21ClN2O3/c1-3-28-19-7-4-16(5-8-19)15-25(22(26)17-10-12-24-13-11-17)18-6-9-21(27-2)20(23)14-18/h4-14H,3,15H2,1-2H3. The van der Waals surface area contributed by atoms with Crippen LogP contribution in [0.4, 0.5) is 5.69 Å². The van der Waals surface area contributed by atoms with Crippen LogP contribution in [0.3, 0.4) is 0 Å². The molecule has 3 aromatic rings. The molecule has 0 spiro atoms. The Morgan fingerprint density at radius 2 is 1.79 bits per heavy atom. The second-order valence-corrected chi connectivity index (χ2v) is 6.43. The first-order valence-corrected chi connectivity index (χ1v) is 9.27. The van der Waals surface area contributed by atoms with Crippen molar-refractivity contribution >= 4 is 23.2 Å².